The third-order valence-corrected chi connectivity index (χ3v) is 6.13. The van der Waals surface area contributed by atoms with Crippen molar-refractivity contribution in [3.63, 3.8) is 0 Å². The lowest BCUT2D eigenvalue weighted by atomic mass is 9.90. The first-order chi connectivity index (χ1) is 12.8. The van der Waals surface area contributed by atoms with E-state index in [9.17, 15) is 9.90 Å². The molecule has 2 fully saturated rings. The molecule has 2 N–H and O–H groups in total. The SMILES string of the molecule is O=C(O)CN1CCC(O)(CN2CCC(Oc3ccc(Cl)c(Cl)c3)CC2)CC1. The molecule has 0 aromatic heterocycles. The van der Waals surface area contributed by atoms with Gasteiger partial charge in [-0.3, -0.25) is 9.69 Å². The smallest absolute Gasteiger partial charge is 0.317 e. The van der Waals surface area contributed by atoms with E-state index in [1.54, 1.807) is 12.1 Å². The Bertz CT molecular complexity index is 657. The number of hydrogen-bond donors (Lipinski definition) is 2. The first-order valence-corrected chi connectivity index (χ1v) is 10.1. The number of nitrogens with zero attached hydrogens (tertiary/aromatic N) is 2. The number of benzene rings is 1. The summed E-state index contributed by atoms with van der Waals surface area (Å²) in [5, 5.41) is 20.7. The quantitative estimate of drug-likeness (QED) is 0.742. The third kappa shape index (κ3) is 5.96. The molecule has 0 unspecified atom stereocenters. The van der Waals surface area contributed by atoms with Crippen LogP contribution in [0.5, 0.6) is 5.75 Å². The number of carboxylic acid groups (broad SMARTS) is 1. The summed E-state index contributed by atoms with van der Waals surface area (Å²) in [4.78, 5) is 15.0. The second-order valence-electron chi connectivity index (χ2n) is 7.56. The van der Waals surface area contributed by atoms with E-state index in [1.165, 1.54) is 0 Å². The summed E-state index contributed by atoms with van der Waals surface area (Å²) in [5.74, 6) is -0.0863. The van der Waals surface area contributed by atoms with E-state index >= 15 is 0 Å². The number of likely N-dealkylation sites (tertiary alicyclic amines) is 2. The molecule has 1 aromatic rings. The van der Waals surface area contributed by atoms with Crippen molar-refractivity contribution in [3.8, 4) is 5.75 Å². The molecule has 2 saturated heterocycles. The van der Waals surface area contributed by atoms with Gasteiger partial charge in [-0.1, -0.05) is 23.2 Å². The van der Waals surface area contributed by atoms with Gasteiger partial charge in [0.2, 0.25) is 0 Å². The van der Waals surface area contributed by atoms with Gasteiger partial charge in [0, 0.05) is 38.8 Å². The molecule has 8 heteroatoms. The third-order valence-electron chi connectivity index (χ3n) is 5.39. The summed E-state index contributed by atoms with van der Waals surface area (Å²) in [5.41, 5.74) is -0.730. The lowest BCUT2D eigenvalue weighted by Gasteiger charge is -2.42. The first kappa shape index (κ1) is 20.7. The van der Waals surface area contributed by atoms with Crippen LogP contribution in [0.15, 0.2) is 18.2 Å². The standard InChI is InChI=1S/C19H26Cl2N2O4/c20-16-2-1-15(11-17(16)21)27-14-3-7-23(8-4-14)13-19(26)5-9-22(10-6-19)12-18(24)25/h1-2,11,14,26H,3-10,12-13H2,(H,24,25). The van der Waals surface area contributed by atoms with Crippen molar-refractivity contribution in [2.45, 2.75) is 37.4 Å². The maximum absolute atomic E-state index is 10.9. The molecule has 27 heavy (non-hydrogen) atoms. The van der Waals surface area contributed by atoms with Crippen LogP contribution in [0.4, 0.5) is 0 Å². The molecule has 150 valence electrons. The Morgan fingerprint density at radius 1 is 1.11 bits per heavy atom. The zero-order valence-corrected chi connectivity index (χ0v) is 16.8. The van der Waals surface area contributed by atoms with Gasteiger partial charge in [-0.05, 0) is 37.8 Å². The van der Waals surface area contributed by atoms with Crippen LogP contribution in [-0.2, 0) is 4.79 Å². The van der Waals surface area contributed by atoms with Gasteiger partial charge >= 0.3 is 5.97 Å². The summed E-state index contributed by atoms with van der Waals surface area (Å²) in [6.45, 7) is 3.67. The number of aliphatic carboxylic acids is 1. The Hall–Kier alpha value is -1.05. The highest BCUT2D eigenvalue weighted by atomic mass is 35.5. The Morgan fingerprint density at radius 3 is 2.37 bits per heavy atom. The van der Waals surface area contributed by atoms with Crippen LogP contribution in [0.2, 0.25) is 10.0 Å². The molecule has 3 rings (SSSR count). The molecule has 0 atom stereocenters. The highest BCUT2D eigenvalue weighted by Crippen LogP contribution is 2.29. The molecule has 0 bridgehead atoms. The first-order valence-electron chi connectivity index (χ1n) is 9.34. The highest BCUT2D eigenvalue weighted by Gasteiger charge is 2.35. The topological polar surface area (TPSA) is 73.2 Å². The fourth-order valence-corrected chi connectivity index (χ4v) is 4.11. The maximum Gasteiger partial charge on any atom is 0.317 e. The zero-order valence-electron chi connectivity index (χ0n) is 15.2. The van der Waals surface area contributed by atoms with Crippen molar-refractivity contribution < 1.29 is 19.7 Å². The summed E-state index contributed by atoms with van der Waals surface area (Å²) >= 11 is 12.0. The lowest BCUT2D eigenvalue weighted by molar-refractivity contribution is -0.139. The van der Waals surface area contributed by atoms with Crippen LogP contribution in [-0.4, -0.2) is 77.0 Å². The number of carbonyl (C=O) groups is 1. The average Bonchev–Trinajstić information content (AvgIpc) is 2.62. The second-order valence-corrected chi connectivity index (χ2v) is 8.38. The van der Waals surface area contributed by atoms with Gasteiger partial charge in [-0.2, -0.15) is 0 Å². The van der Waals surface area contributed by atoms with E-state index in [0.717, 1.165) is 31.7 Å². The Morgan fingerprint density at radius 2 is 1.78 bits per heavy atom. The van der Waals surface area contributed by atoms with Crippen LogP contribution in [0.25, 0.3) is 0 Å². The van der Waals surface area contributed by atoms with Crippen LogP contribution >= 0.6 is 23.2 Å². The minimum atomic E-state index is -0.815. The van der Waals surface area contributed by atoms with E-state index in [1.807, 2.05) is 11.0 Å². The Balaban J connectivity index is 1.43. The number of piperidine rings is 2. The summed E-state index contributed by atoms with van der Waals surface area (Å²) < 4.78 is 6.01. The van der Waals surface area contributed by atoms with Crippen molar-refractivity contribution in [3.05, 3.63) is 28.2 Å². The monoisotopic (exact) mass is 416 g/mol. The number of β-amino-alcohol motifs (C(OH)–C–C–N with tert-alkyl or cyclic N) is 1. The van der Waals surface area contributed by atoms with Crippen molar-refractivity contribution in [1.29, 1.82) is 0 Å². The minimum Gasteiger partial charge on any atom is -0.490 e. The lowest BCUT2D eigenvalue weighted by Crippen LogP contribution is -2.53. The number of hydrogen-bond acceptors (Lipinski definition) is 5. The van der Waals surface area contributed by atoms with E-state index < -0.39 is 11.6 Å². The molecule has 2 aliphatic heterocycles. The van der Waals surface area contributed by atoms with E-state index in [2.05, 4.69) is 4.90 Å². The predicted molar refractivity (Wildman–Crippen MR) is 105 cm³/mol. The molecule has 0 radical (unpaired) electrons. The van der Waals surface area contributed by atoms with E-state index in [0.29, 0.717) is 42.5 Å². The van der Waals surface area contributed by atoms with Crippen LogP contribution in [0, 0.1) is 0 Å². The Kier molecular flexibility index (Phi) is 6.87. The number of ether oxygens (including phenoxy) is 1. The van der Waals surface area contributed by atoms with E-state index in [-0.39, 0.29) is 12.6 Å². The van der Waals surface area contributed by atoms with Crippen LogP contribution in [0.1, 0.15) is 25.7 Å². The molecule has 0 aliphatic carbocycles. The van der Waals surface area contributed by atoms with Gasteiger partial charge < -0.3 is 19.8 Å². The summed E-state index contributed by atoms with van der Waals surface area (Å²) in [7, 11) is 0. The number of aliphatic hydroxyl groups is 1. The average molecular weight is 417 g/mol. The molecule has 0 saturated carbocycles. The van der Waals surface area contributed by atoms with Crippen molar-refractivity contribution in [2.24, 2.45) is 0 Å². The van der Waals surface area contributed by atoms with Gasteiger partial charge in [0.1, 0.15) is 11.9 Å². The van der Waals surface area contributed by atoms with Crippen molar-refractivity contribution in [1.82, 2.24) is 9.80 Å². The second kappa shape index (κ2) is 8.97. The number of halogens is 2. The molecular weight excluding hydrogens is 391 g/mol. The van der Waals surface area contributed by atoms with Gasteiger partial charge in [-0.15, -0.1) is 0 Å². The minimum absolute atomic E-state index is 0.0491. The number of carboxylic acids is 1. The van der Waals surface area contributed by atoms with Crippen LogP contribution in [0.3, 0.4) is 0 Å². The Labute approximate surface area is 169 Å². The van der Waals surface area contributed by atoms with Crippen LogP contribution < -0.4 is 4.74 Å². The van der Waals surface area contributed by atoms with Gasteiger partial charge in [-0.25, -0.2) is 0 Å². The maximum atomic E-state index is 10.9. The fraction of sp³-hybridized carbons (Fsp3) is 0.632. The van der Waals surface area contributed by atoms with Crippen molar-refractivity contribution >= 4 is 29.2 Å². The predicted octanol–water partition coefficient (Wildman–Crippen LogP) is 2.75. The molecule has 0 amide bonds. The zero-order chi connectivity index (χ0) is 19.4. The van der Waals surface area contributed by atoms with E-state index in [4.69, 9.17) is 33.0 Å². The summed E-state index contributed by atoms with van der Waals surface area (Å²) in [6, 6.07) is 5.30. The highest BCUT2D eigenvalue weighted by molar-refractivity contribution is 6.42. The van der Waals surface area contributed by atoms with Crippen molar-refractivity contribution in [2.75, 3.05) is 39.3 Å². The number of rotatable bonds is 6. The molecule has 6 nitrogen and oxygen atoms in total. The molecule has 1 aromatic carbocycles. The molecule has 2 aliphatic rings. The van der Waals surface area contributed by atoms with Gasteiger partial charge in [0.05, 0.1) is 22.2 Å². The normalized spacial score (nSPS) is 21.9. The fourth-order valence-electron chi connectivity index (χ4n) is 3.82. The van der Waals surface area contributed by atoms with Gasteiger partial charge in [0.15, 0.2) is 0 Å². The largest absolute Gasteiger partial charge is 0.490 e. The summed E-state index contributed by atoms with van der Waals surface area (Å²) in [6.07, 6.45) is 3.13. The molecule has 2 heterocycles. The molecule has 0 spiro atoms. The van der Waals surface area contributed by atoms with Gasteiger partial charge in [0.25, 0.3) is 0 Å². The molecular formula is C19H26Cl2N2O4.